The molecule has 0 amide bonds. The molecular weight excluding hydrogens is 363 g/mol. The standard InChI is InChI=1S/2C6H8.CH3O.CH3.Hf/c2*1-6-4-2-3-5-6;1-2;;/h2*2-4H,5H2,1H3;1H3;1H3;/q;;-1;;+1. The molecule has 0 bridgehead atoms. The second-order valence-electron chi connectivity index (χ2n) is 3.70. The number of hydrogen-bond donors (Lipinski definition) is 0. The molecular formula is C14H22HfO. The van der Waals surface area contributed by atoms with E-state index in [0.717, 1.165) is 0 Å². The molecule has 0 saturated heterocycles. The second kappa shape index (κ2) is 11.3. The molecule has 2 heteroatoms. The van der Waals surface area contributed by atoms with Crippen molar-refractivity contribution in [1.82, 2.24) is 0 Å². The molecule has 0 radical (unpaired) electrons. The second-order valence-corrected chi connectivity index (χ2v) is 6.63. The predicted molar refractivity (Wildman–Crippen MR) is 67.9 cm³/mol. The summed E-state index contributed by atoms with van der Waals surface area (Å²) in [6, 6.07) is 0. The van der Waals surface area contributed by atoms with E-state index < -0.39 is 23.3 Å². The molecule has 0 N–H and O–H groups in total. The first-order valence-electron chi connectivity index (χ1n) is 5.55. The van der Waals surface area contributed by atoms with Crippen molar-refractivity contribution in [3.63, 3.8) is 0 Å². The molecule has 0 unspecified atom stereocenters. The van der Waals surface area contributed by atoms with Crippen LogP contribution in [0.4, 0.5) is 0 Å². The Balaban J connectivity index is 0.000000217. The normalized spacial score (nSPS) is 15.5. The first kappa shape index (κ1) is 15.8. The fraction of sp³-hybridized carbons (Fsp3) is 0.429. The molecule has 0 aromatic rings. The van der Waals surface area contributed by atoms with Gasteiger partial charge in [0.1, 0.15) is 0 Å². The Kier molecular flexibility index (Phi) is 11.1. The first-order valence-corrected chi connectivity index (χ1v) is 10.6. The Morgan fingerprint density at radius 1 is 1.00 bits per heavy atom. The number of allylic oxidation sites excluding steroid dienone is 8. The fourth-order valence-corrected chi connectivity index (χ4v) is 1.11. The Morgan fingerprint density at radius 3 is 1.44 bits per heavy atom. The quantitative estimate of drug-likeness (QED) is 0.606. The Hall–Kier alpha value is -0.210. The predicted octanol–water partition coefficient (Wildman–Crippen LogP) is 4.46. The molecule has 0 atom stereocenters. The zero-order chi connectivity index (χ0) is 12.2. The van der Waals surface area contributed by atoms with E-state index in [1.165, 1.54) is 24.0 Å². The van der Waals surface area contributed by atoms with Crippen LogP contribution >= 0.6 is 0 Å². The van der Waals surface area contributed by atoms with Crippen molar-refractivity contribution in [2.24, 2.45) is 0 Å². The van der Waals surface area contributed by atoms with Gasteiger partial charge in [-0.3, -0.25) is 0 Å². The van der Waals surface area contributed by atoms with E-state index in [1.54, 1.807) is 7.11 Å². The van der Waals surface area contributed by atoms with Gasteiger partial charge in [-0.2, -0.15) is 0 Å². The van der Waals surface area contributed by atoms with E-state index in [-0.39, 0.29) is 0 Å². The summed E-state index contributed by atoms with van der Waals surface area (Å²) in [7, 11) is 1.77. The van der Waals surface area contributed by atoms with Gasteiger partial charge < -0.3 is 0 Å². The molecule has 2 aliphatic rings. The van der Waals surface area contributed by atoms with E-state index in [9.17, 15) is 0 Å². The SMILES string of the molecule is CC1=CC=CC1.CC1=CC=CC1.C[O][Hf][CH3]. The van der Waals surface area contributed by atoms with Crippen molar-refractivity contribution in [1.29, 1.82) is 0 Å². The molecule has 0 saturated carbocycles. The molecule has 1 nitrogen and oxygen atoms in total. The van der Waals surface area contributed by atoms with Crippen LogP contribution in [-0.4, -0.2) is 7.11 Å². The van der Waals surface area contributed by atoms with Gasteiger partial charge in [0.15, 0.2) is 0 Å². The van der Waals surface area contributed by atoms with Crippen LogP contribution in [0.15, 0.2) is 47.6 Å². The van der Waals surface area contributed by atoms with Crippen molar-refractivity contribution in [2.45, 2.75) is 31.4 Å². The number of hydrogen-bond acceptors (Lipinski definition) is 1. The molecule has 0 aromatic heterocycles. The van der Waals surface area contributed by atoms with Gasteiger partial charge in [-0.15, -0.1) is 0 Å². The monoisotopic (exact) mass is 386 g/mol. The summed E-state index contributed by atoms with van der Waals surface area (Å²) in [6.45, 7) is 4.28. The molecule has 0 spiro atoms. The van der Waals surface area contributed by atoms with Crippen LogP contribution in [0, 0.1) is 0 Å². The van der Waals surface area contributed by atoms with Crippen LogP contribution in [0.25, 0.3) is 0 Å². The van der Waals surface area contributed by atoms with E-state index >= 15 is 0 Å². The molecule has 88 valence electrons. The average Bonchev–Trinajstić information content (AvgIpc) is 2.93. The summed E-state index contributed by atoms with van der Waals surface area (Å²) in [5.41, 5.74) is 2.94. The maximum absolute atomic E-state index is 4.74. The van der Waals surface area contributed by atoms with E-state index in [1.807, 2.05) is 0 Å². The van der Waals surface area contributed by atoms with E-state index in [0.29, 0.717) is 0 Å². The summed E-state index contributed by atoms with van der Waals surface area (Å²) >= 11 is -0.434. The summed E-state index contributed by atoms with van der Waals surface area (Å²) < 4.78 is 6.89. The maximum atomic E-state index is 4.74. The van der Waals surface area contributed by atoms with E-state index in [2.05, 4.69) is 55.0 Å². The van der Waals surface area contributed by atoms with Crippen LogP contribution < -0.4 is 0 Å². The van der Waals surface area contributed by atoms with Gasteiger partial charge >= 0.3 is 38.0 Å². The fourth-order valence-electron chi connectivity index (χ4n) is 1.11. The van der Waals surface area contributed by atoms with Gasteiger partial charge in [0.25, 0.3) is 0 Å². The van der Waals surface area contributed by atoms with Crippen molar-refractivity contribution in [3.8, 4) is 0 Å². The number of rotatable bonds is 1. The van der Waals surface area contributed by atoms with Crippen molar-refractivity contribution < 1.29 is 26.2 Å². The summed E-state index contributed by atoms with van der Waals surface area (Å²) in [5.74, 6) is 0. The molecule has 0 heterocycles. The third-order valence-electron chi connectivity index (χ3n) is 2.12. The van der Waals surface area contributed by atoms with Crippen LogP contribution in [0.1, 0.15) is 26.7 Å². The molecule has 2 aliphatic carbocycles. The van der Waals surface area contributed by atoms with Gasteiger partial charge in [0.05, 0.1) is 0 Å². The minimum atomic E-state index is -0.434. The van der Waals surface area contributed by atoms with Crippen LogP contribution in [-0.2, 0) is 26.2 Å². The molecule has 0 fully saturated rings. The van der Waals surface area contributed by atoms with Gasteiger partial charge in [0.2, 0.25) is 0 Å². The van der Waals surface area contributed by atoms with Crippen LogP contribution in [0.5, 0.6) is 0 Å². The third-order valence-corrected chi connectivity index (χ3v) is 3.58. The Morgan fingerprint density at radius 2 is 1.38 bits per heavy atom. The first-order chi connectivity index (χ1) is 7.70. The van der Waals surface area contributed by atoms with Gasteiger partial charge in [-0.05, 0) is 26.7 Å². The van der Waals surface area contributed by atoms with Crippen molar-refractivity contribution in [3.05, 3.63) is 47.6 Å². The summed E-state index contributed by atoms with van der Waals surface area (Å²) in [4.78, 5) is 0. The van der Waals surface area contributed by atoms with Crippen LogP contribution in [0.3, 0.4) is 0 Å². The minimum absolute atomic E-state index is 0.434. The van der Waals surface area contributed by atoms with Gasteiger partial charge in [-0.25, -0.2) is 0 Å². The zero-order valence-corrected chi connectivity index (χ0v) is 14.4. The van der Waals surface area contributed by atoms with Crippen molar-refractivity contribution in [2.75, 3.05) is 7.11 Å². The molecule has 0 aromatic carbocycles. The Bertz CT molecular complexity index is 255. The third kappa shape index (κ3) is 10.3. The molecule has 0 aliphatic heterocycles. The summed E-state index contributed by atoms with van der Waals surface area (Å²) in [5, 5.41) is 0. The summed E-state index contributed by atoms with van der Waals surface area (Å²) in [6.07, 6.45) is 15.1. The Labute approximate surface area is 112 Å². The van der Waals surface area contributed by atoms with Crippen LogP contribution in [0.2, 0.25) is 4.68 Å². The molecule has 16 heavy (non-hydrogen) atoms. The van der Waals surface area contributed by atoms with Gasteiger partial charge in [0, 0.05) is 0 Å². The average molecular weight is 385 g/mol. The van der Waals surface area contributed by atoms with E-state index in [4.69, 9.17) is 2.85 Å². The molecule has 2 rings (SSSR count). The van der Waals surface area contributed by atoms with Crippen molar-refractivity contribution >= 4 is 0 Å². The zero-order valence-electron chi connectivity index (χ0n) is 10.8. The van der Waals surface area contributed by atoms with Gasteiger partial charge in [-0.1, -0.05) is 47.6 Å². The topological polar surface area (TPSA) is 9.23 Å².